The molecule has 196 valence electrons. The Morgan fingerprint density at radius 2 is 2.08 bits per heavy atom. The van der Waals surface area contributed by atoms with Crippen LogP contribution < -0.4 is 10.1 Å². The molecule has 0 aromatic carbocycles. The molecule has 11 heteroatoms. The predicted octanol–water partition coefficient (Wildman–Crippen LogP) is 3.95. The van der Waals surface area contributed by atoms with Crippen molar-refractivity contribution in [3.8, 4) is 17.0 Å². The molecule has 2 fully saturated rings. The van der Waals surface area contributed by atoms with Gasteiger partial charge in [0.2, 0.25) is 11.6 Å². The Hall–Kier alpha value is -2.37. The third-order valence-electron chi connectivity index (χ3n) is 6.99. The lowest BCUT2D eigenvalue weighted by Crippen LogP contribution is -2.42. The van der Waals surface area contributed by atoms with Gasteiger partial charge >= 0.3 is 0 Å². The molecule has 0 bridgehead atoms. The molecule has 2 aliphatic rings. The predicted molar refractivity (Wildman–Crippen MR) is 144 cm³/mol. The second kappa shape index (κ2) is 11.8. The van der Waals surface area contributed by atoms with Crippen molar-refractivity contribution in [1.82, 2.24) is 39.0 Å². The molecule has 10 nitrogen and oxygen atoms in total. The third-order valence-corrected chi connectivity index (χ3v) is 8.16. The summed E-state index contributed by atoms with van der Waals surface area (Å²) >= 11 is 2.02. The number of hydrogen-bond donors (Lipinski definition) is 2. The van der Waals surface area contributed by atoms with Crippen molar-refractivity contribution < 1.29 is 4.74 Å². The van der Waals surface area contributed by atoms with Gasteiger partial charge in [-0.3, -0.25) is 9.40 Å². The van der Waals surface area contributed by atoms with E-state index in [-0.39, 0.29) is 6.10 Å². The molecule has 2 atom stereocenters. The number of aromatic amines is 1. The van der Waals surface area contributed by atoms with Crippen LogP contribution in [0.15, 0.2) is 18.7 Å². The number of H-pyrrole nitrogens is 1. The Balaban J connectivity index is 1.18. The van der Waals surface area contributed by atoms with Crippen LogP contribution in [0.4, 0.5) is 5.95 Å². The summed E-state index contributed by atoms with van der Waals surface area (Å²) in [7, 11) is 0. The molecule has 2 unspecified atom stereocenters. The SMILES string of the molecule is CC(C)Oc1c(-c2cn[nH]c2)ncn2nc(NC3CCN(SCCCN4CCCCC4)CC3C)nc12. The van der Waals surface area contributed by atoms with E-state index in [0.717, 1.165) is 25.1 Å². The number of nitrogens with one attached hydrogen (secondary N) is 2. The van der Waals surface area contributed by atoms with E-state index in [1.165, 1.54) is 51.1 Å². The van der Waals surface area contributed by atoms with E-state index in [9.17, 15) is 0 Å². The Morgan fingerprint density at radius 3 is 2.83 bits per heavy atom. The summed E-state index contributed by atoms with van der Waals surface area (Å²) < 4.78 is 10.4. The number of likely N-dealkylation sites (tertiary alicyclic amines) is 1. The standard InChI is InChI=1S/C25H39N9OS/c1-18(2)35-23-22(20-14-27-28-15-20)26-17-34-24(23)30-25(31-34)29-21-8-12-33(16-19(21)3)36-13-7-11-32-9-5-4-6-10-32/h14-15,17-19,21H,4-13,16H2,1-3H3,(H,27,28)(H,29,31). The van der Waals surface area contributed by atoms with Crippen LogP contribution in [0.2, 0.25) is 0 Å². The van der Waals surface area contributed by atoms with Crippen molar-refractivity contribution >= 4 is 23.5 Å². The number of hydrogen-bond acceptors (Lipinski definition) is 9. The van der Waals surface area contributed by atoms with Crippen LogP contribution in [-0.2, 0) is 0 Å². The number of piperidine rings is 2. The van der Waals surface area contributed by atoms with Crippen LogP contribution in [0.3, 0.4) is 0 Å². The molecule has 2 aliphatic heterocycles. The van der Waals surface area contributed by atoms with Gasteiger partial charge in [-0.1, -0.05) is 25.3 Å². The molecule has 0 spiro atoms. The summed E-state index contributed by atoms with van der Waals surface area (Å²) in [5.41, 5.74) is 2.23. The highest BCUT2D eigenvalue weighted by atomic mass is 32.2. The fourth-order valence-corrected chi connectivity index (χ4v) is 6.19. The summed E-state index contributed by atoms with van der Waals surface area (Å²) in [6.07, 6.45) is 11.7. The molecular formula is C25H39N9OS. The first-order valence-electron chi connectivity index (χ1n) is 13.3. The van der Waals surface area contributed by atoms with Crippen LogP contribution in [0, 0.1) is 5.92 Å². The van der Waals surface area contributed by atoms with Crippen molar-refractivity contribution in [1.29, 1.82) is 0 Å². The van der Waals surface area contributed by atoms with Gasteiger partial charge in [-0.15, -0.1) is 5.10 Å². The lowest BCUT2D eigenvalue weighted by molar-refractivity contribution is 0.229. The molecule has 0 aliphatic carbocycles. The number of rotatable bonds is 10. The highest BCUT2D eigenvalue weighted by Gasteiger charge is 2.28. The van der Waals surface area contributed by atoms with Gasteiger partial charge in [-0.25, -0.2) is 4.98 Å². The van der Waals surface area contributed by atoms with Crippen LogP contribution in [0.1, 0.15) is 52.9 Å². The summed E-state index contributed by atoms with van der Waals surface area (Å²) in [4.78, 5) is 12.0. The van der Waals surface area contributed by atoms with Crippen LogP contribution in [0.25, 0.3) is 16.9 Å². The zero-order chi connectivity index (χ0) is 24.9. The van der Waals surface area contributed by atoms with Crippen LogP contribution in [-0.4, -0.2) is 89.6 Å². The summed E-state index contributed by atoms with van der Waals surface area (Å²) in [6.45, 7) is 12.3. The summed E-state index contributed by atoms with van der Waals surface area (Å²) in [5.74, 6) is 2.96. The maximum Gasteiger partial charge on any atom is 0.243 e. The van der Waals surface area contributed by atoms with E-state index in [0.29, 0.717) is 35.0 Å². The Kier molecular flexibility index (Phi) is 8.28. The number of aromatic nitrogens is 6. The smallest absolute Gasteiger partial charge is 0.243 e. The largest absolute Gasteiger partial charge is 0.485 e. The molecule has 5 rings (SSSR count). The fourth-order valence-electron chi connectivity index (χ4n) is 5.10. The number of fused-ring (bicyclic) bond motifs is 1. The van der Waals surface area contributed by atoms with Gasteiger partial charge in [0.15, 0.2) is 5.75 Å². The number of nitrogens with zero attached hydrogens (tertiary/aromatic N) is 7. The van der Waals surface area contributed by atoms with Crippen molar-refractivity contribution in [2.24, 2.45) is 5.92 Å². The molecule has 0 saturated carbocycles. The molecule has 3 aromatic rings. The quantitative estimate of drug-likeness (QED) is 0.308. The normalized spacial score (nSPS) is 21.9. The van der Waals surface area contributed by atoms with Crippen molar-refractivity contribution in [2.75, 3.05) is 43.8 Å². The third kappa shape index (κ3) is 6.12. The van der Waals surface area contributed by atoms with Gasteiger partial charge in [0, 0.05) is 36.6 Å². The van der Waals surface area contributed by atoms with Crippen molar-refractivity contribution in [3.63, 3.8) is 0 Å². The first-order chi connectivity index (χ1) is 17.6. The minimum atomic E-state index is -0.0153. The highest BCUT2D eigenvalue weighted by Crippen LogP contribution is 2.32. The van der Waals surface area contributed by atoms with E-state index < -0.39 is 0 Å². The topological polar surface area (TPSA) is 99.5 Å². The second-order valence-electron chi connectivity index (χ2n) is 10.3. The van der Waals surface area contributed by atoms with Crippen LogP contribution >= 0.6 is 11.9 Å². The molecule has 3 aromatic heterocycles. The molecule has 5 heterocycles. The van der Waals surface area contributed by atoms with Crippen LogP contribution in [0.5, 0.6) is 5.75 Å². The van der Waals surface area contributed by atoms with E-state index in [4.69, 9.17) is 9.72 Å². The zero-order valence-electron chi connectivity index (χ0n) is 21.7. The lowest BCUT2D eigenvalue weighted by Gasteiger charge is -2.36. The summed E-state index contributed by atoms with van der Waals surface area (Å²) in [6, 6.07) is 0.336. The molecule has 2 N–H and O–H groups in total. The molecule has 0 amide bonds. The first kappa shape index (κ1) is 25.3. The average Bonchev–Trinajstić information content (AvgIpc) is 3.54. The Morgan fingerprint density at radius 1 is 1.22 bits per heavy atom. The maximum absolute atomic E-state index is 6.14. The Labute approximate surface area is 217 Å². The molecule has 36 heavy (non-hydrogen) atoms. The minimum absolute atomic E-state index is 0.0153. The Bertz CT molecular complexity index is 1100. The van der Waals surface area contributed by atoms with E-state index in [1.54, 1.807) is 17.0 Å². The van der Waals surface area contributed by atoms with Gasteiger partial charge in [-0.2, -0.15) is 14.6 Å². The lowest BCUT2D eigenvalue weighted by atomic mass is 9.95. The van der Waals surface area contributed by atoms with E-state index >= 15 is 0 Å². The van der Waals surface area contributed by atoms with Gasteiger partial charge in [0.25, 0.3) is 0 Å². The monoisotopic (exact) mass is 513 g/mol. The van der Waals surface area contributed by atoms with E-state index in [1.807, 2.05) is 32.0 Å². The van der Waals surface area contributed by atoms with Crippen molar-refractivity contribution in [3.05, 3.63) is 18.7 Å². The number of ether oxygens (including phenoxy) is 1. The van der Waals surface area contributed by atoms with E-state index in [2.05, 4.69) is 41.7 Å². The summed E-state index contributed by atoms with van der Waals surface area (Å²) in [5, 5.41) is 15.2. The fraction of sp³-hybridized carbons (Fsp3) is 0.680. The first-order valence-corrected chi connectivity index (χ1v) is 14.3. The van der Waals surface area contributed by atoms with Gasteiger partial charge < -0.3 is 15.0 Å². The van der Waals surface area contributed by atoms with Gasteiger partial charge in [-0.05, 0) is 65.1 Å². The van der Waals surface area contributed by atoms with Gasteiger partial charge in [0.05, 0.1) is 12.3 Å². The highest BCUT2D eigenvalue weighted by molar-refractivity contribution is 7.97. The molecular weight excluding hydrogens is 474 g/mol. The maximum atomic E-state index is 6.14. The average molecular weight is 514 g/mol. The zero-order valence-corrected chi connectivity index (χ0v) is 22.5. The number of anilines is 1. The second-order valence-corrected chi connectivity index (χ2v) is 11.5. The molecule has 2 saturated heterocycles. The molecule has 0 radical (unpaired) electrons. The van der Waals surface area contributed by atoms with Crippen molar-refractivity contribution in [2.45, 2.75) is 65.0 Å². The van der Waals surface area contributed by atoms with Gasteiger partial charge in [0.1, 0.15) is 12.0 Å². The minimum Gasteiger partial charge on any atom is -0.485 e.